The summed E-state index contributed by atoms with van der Waals surface area (Å²) >= 11 is 0. The highest BCUT2D eigenvalue weighted by Gasteiger charge is 2.41. The zero-order valence-corrected chi connectivity index (χ0v) is 15.1. The van der Waals surface area contributed by atoms with Crippen LogP contribution in [0.25, 0.3) is 5.69 Å². The maximum Gasteiger partial charge on any atom is 0.258 e. The second kappa shape index (κ2) is 6.59. The number of rotatable bonds is 7. The first-order chi connectivity index (χ1) is 12.6. The van der Waals surface area contributed by atoms with Crippen LogP contribution in [0.3, 0.4) is 0 Å². The number of nitrogens with one attached hydrogen (secondary N) is 1. The molecule has 26 heavy (non-hydrogen) atoms. The molecule has 0 radical (unpaired) electrons. The van der Waals surface area contributed by atoms with Crippen LogP contribution in [0.4, 0.5) is 0 Å². The van der Waals surface area contributed by atoms with Gasteiger partial charge in [0.25, 0.3) is 5.91 Å². The van der Waals surface area contributed by atoms with Crippen molar-refractivity contribution in [1.82, 2.24) is 20.0 Å². The fourth-order valence-corrected chi connectivity index (χ4v) is 3.78. The first-order valence-electron chi connectivity index (χ1n) is 9.30. The molecule has 1 aliphatic heterocycles. The average molecular weight is 352 g/mol. The van der Waals surface area contributed by atoms with Crippen LogP contribution in [0.15, 0.2) is 36.5 Å². The van der Waals surface area contributed by atoms with Crippen molar-refractivity contribution in [2.24, 2.45) is 5.41 Å². The number of nitrogens with zero attached hydrogens (tertiary/aromatic N) is 3. The molecule has 0 unspecified atom stereocenters. The van der Waals surface area contributed by atoms with Gasteiger partial charge in [-0.1, -0.05) is 31.5 Å². The van der Waals surface area contributed by atoms with Gasteiger partial charge < -0.3 is 10.2 Å². The van der Waals surface area contributed by atoms with Crippen molar-refractivity contribution in [2.75, 3.05) is 13.1 Å². The van der Waals surface area contributed by atoms with Gasteiger partial charge in [0.05, 0.1) is 29.7 Å². The fraction of sp³-hybridized carbons (Fsp3) is 0.450. The largest absolute Gasteiger partial charge is 0.354 e. The van der Waals surface area contributed by atoms with E-state index in [1.165, 1.54) is 12.8 Å². The molecule has 1 aliphatic carbocycles. The lowest BCUT2D eigenvalue weighted by atomic mass is 10.0. The summed E-state index contributed by atoms with van der Waals surface area (Å²) in [5, 5.41) is 7.37. The van der Waals surface area contributed by atoms with Crippen molar-refractivity contribution in [3.8, 4) is 5.69 Å². The summed E-state index contributed by atoms with van der Waals surface area (Å²) in [6.45, 7) is 3.42. The highest BCUT2D eigenvalue weighted by Crippen LogP contribution is 2.48. The molecular formula is C20H24N4O2. The fourth-order valence-electron chi connectivity index (χ4n) is 3.78. The summed E-state index contributed by atoms with van der Waals surface area (Å²) in [4.78, 5) is 26.5. The van der Waals surface area contributed by atoms with Crippen LogP contribution in [0.1, 0.15) is 48.7 Å². The number of aromatic nitrogens is 2. The molecule has 1 aromatic carbocycles. The van der Waals surface area contributed by atoms with Crippen LogP contribution in [0, 0.1) is 5.41 Å². The van der Waals surface area contributed by atoms with E-state index >= 15 is 0 Å². The third-order valence-corrected chi connectivity index (χ3v) is 5.46. The highest BCUT2D eigenvalue weighted by atomic mass is 16.2. The van der Waals surface area contributed by atoms with E-state index in [9.17, 15) is 9.59 Å². The Bertz CT molecular complexity index is 824. The summed E-state index contributed by atoms with van der Waals surface area (Å²) in [6, 6.07) is 9.73. The van der Waals surface area contributed by atoms with Crippen LogP contribution < -0.4 is 5.32 Å². The standard InChI is InChI=1S/C20H24N4O2/c1-2-8-20(9-10-20)14-21-18(25)13-23-12-17-16(19(23)26)11-22-24(17)15-6-4-3-5-7-15/h3-7,11H,2,8-10,12-14H2,1H3,(H,21,25). The maximum atomic E-state index is 12.6. The molecule has 1 saturated carbocycles. The summed E-state index contributed by atoms with van der Waals surface area (Å²) in [7, 11) is 0. The van der Waals surface area contributed by atoms with Gasteiger partial charge in [0.1, 0.15) is 6.54 Å². The molecule has 6 heteroatoms. The minimum Gasteiger partial charge on any atom is -0.354 e. The van der Waals surface area contributed by atoms with Crippen molar-refractivity contribution >= 4 is 11.8 Å². The van der Waals surface area contributed by atoms with Gasteiger partial charge in [-0.05, 0) is 36.8 Å². The van der Waals surface area contributed by atoms with E-state index in [4.69, 9.17) is 0 Å². The van der Waals surface area contributed by atoms with Crippen molar-refractivity contribution in [2.45, 2.75) is 39.2 Å². The van der Waals surface area contributed by atoms with Crippen LogP contribution >= 0.6 is 0 Å². The molecule has 0 atom stereocenters. The Morgan fingerprint density at radius 2 is 2.04 bits per heavy atom. The topological polar surface area (TPSA) is 67.2 Å². The van der Waals surface area contributed by atoms with Crippen molar-refractivity contribution in [1.29, 1.82) is 0 Å². The normalized spacial score (nSPS) is 17.3. The van der Waals surface area contributed by atoms with Crippen molar-refractivity contribution < 1.29 is 9.59 Å². The van der Waals surface area contributed by atoms with E-state index in [2.05, 4.69) is 17.3 Å². The highest BCUT2D eigenvalue weighted by molar-refractivity contribution is 5.99. The lowest BCUT2D eigenvalue weighted by molar-refractivity contribution is -0.122. The molecular weight excluding hydrogens is 328 g/mol. The number of hydrogen-bond donors (Lipinski definition) is 1. The molecule has 1 fully saturated rings. The predicted molar refractivity (Wildman–Crippen MR) is 97.9 cm³/mol. The SMILES string of the molecule is CCCC1(CNC(=O)CN2Cc3c(cnn3-c3ccccc3)C2=O)CC1. The van der Waals surface area contributed by atoms with Gasteiger partial charge >= 0.3 is 0 Å². The maximum absolute atomic E-state index is 12.6. The Hall–Kier alpha value is -2.63. The monoisotopic (exact) mass is 352 g/mol. The Morgan fingerprint density at radius 1 is 1.27 bits per heavy atom. The van der Waals surface area contributed by atoms with E-state index in [0.29, 0.717) is 17.5 Å². The number of carbonyl (C=O) groups is 2. The van der Waals surface area contributed by atoms with E-state index in [1.54, 1.807) is 15.8 Å². The molecule has 2 aromatic rings. The first-order valence-corrected chi connectivity index (χ1v) is 9.30. The number of benzene rings is 1. The quantitative estimate of drug-likeness (QED) is 0.833. The average Bonchev–Trinajstić information content (AvgIpc) is 3.19. The van der Waals surface area contributed by atoms with E-state index < -0.39 is 0 Å². The molecule has 136 valence electrons. The van der Waals surface area contributed by atoms with E-state index in [0.717, 1.165) is 30.8 Å². The predicted octanol–water partition coefficient (Wildman–Crippen LogP) is 2.52. The van der Waals surface area contributed by atoms with Gasteiger partial charge in [-0.2, -0.15) is 5.10 Å². The number of amides is 2. The van der Waals surface area contributed by atoms with Gasteiger partial charge in [-0.3, -0.25) is 9.59 Å². The van der Waals surface area contributed by atoms with Crippen LogP contribution in [-0.4, -0.2) is 39.6 Å². The van der Waals surface area contributed by atoms with Crippen molar-refractivity contribution in [3.05, 3.63) is 47.8 Å². The molecule has 4 rings (SSSR count). The summed E-state index contributed by atoms with van der Waals surface area (Å²) < 4.78 is 1.78. The Balaban J connectivity index is 1.39. The van der Waals surface area contributed by atoms with Crippen LogP contribution in [-0.2, 0) is 11.3 Å². The third kappa shape index (κ3) is 3.11. The number of fused-ring (bicyclic) bond motifs is 1. The Morgan fingerprint density at radius 3 is 2.73 bits per heavy atom. The minimum absolute atomic E-state index is 0.0786. The van der Waals surface area contributed by atoms with Crippen LogP contribution in [0.5, 0.6) is 0 Å². The second-order valence-corrected chi connectivity index (χ2v) is 7.44. The molecule has 2 amide bonds. The molecule has 1 aromatic heterocycles. The third-order valence-electron chi connectivity index (χ3n) is 5.46. The molecule has 0 bridgehead atoms. The number of para-hydroxylation sites is 1. The molecule has 0 spiro atoms. The zero-order chi connectivity index (χ0) is 18.1. The summed E-state index contributed by atoms with van der Waals surface area (Å²) in [5.41, 5.74) is 2.67. The van der Waals surface area contributed by atoms with E-state index in [-0.39, 0.29) is 18.4 Å². The van der Waals surface area contributed by atoms with Crippen molar-refractivity contribution in [3.63, 3.8) is 0 Å². The number of carbonyl (C=O) groups excluding carboxylic acids is 2. The molecule has 2 aliphatic rings. The second-order valence-electron chi connectivity index (χ2n) is 7.44. The zero-order valence-electron chi connectivity index (χ0n) is 15.1. The lowest BCUT2D eigenvalue weighted by Gasteiger charge is -2.18. The first kappa shape index (κ1) is 16.8. The summed E-state index contributed by atoms with van der Waals surface area (Å²) in [6.07, 6.45) is 6.30. The Kier molecular flexibility index (Phi) is 4.26. The van der Waals surface area contributed by atoms with Gasteiger partial charge in [0, 0.05) is 6.54 Å². The molecule has 0 saturated heterocycles. The minimum atomic E-state index is -0.118. The Labute approximate surface area is 153 Å². The van der Waals surface area contributed by atoms with Gasteiger partial charge in [0.2, 0.25) is 5.91 Å². The molecule has 2 heterocycles. The summed E-state index contributed by atoms with van der Waals surface area (Å²) in [5.74, 6) is -0.197. The molecule has 1 N–H and O–H groups in total. The smallest absolute Gasteiger partial charge is 0.258 e. The van der Waals surface area contributed by atoms with Gasteiger partial charge in [-0.25, -0.2) is 4.68 Å². The van der Waals surface area contributed by atoms with Gasteiger partial charge in [0.15, 0.2) is 0 Å². The number of hydrogen-bond acceptors (Lipinski definition) is 3. The van der Waals surface area contributed by atoms with Crippen LogP contribution in [0.2, 0.25) is 0 Å². The molecule has 6 nitrogen and oxygen atoms in total. The van der Waals surface area contributed by atoms with Gasteiger partial charge in [-0.15, -0.1) is 0 Å². The van der Waals surface area contributed by atoms with E-state index in [1.807, 2.05) is 30.3 Å². The lowest BCUT2D eigenvalue weighted by Crippen LogP contribution is -2.39.